The molecule has 2 aromatic carbocycles. The molecule has 2 aromatic rings. The van der Waals surface area contributed by atoms with Crippen molar-refractivity contribution < 1.29 is 9.59 Å². The zero-order valence-electron chi connectivity index (χ0n) is 17.4. The van der Waals surface area contributed by atoms with Gasteiger partial charge in [-0.1, -0.05) is 48.3 Å². The van der Waals surface area contributed by atoms with Crippen molar-refractivity contribution in [1.82, 2.24) is 10.2 Å². The molecule has 0 aliphatic rings. The van der Waals surface area contributed by atoms with E-state index >= 15 is 0 Å². The third kappa shape index (κ3) is 7.86. The number of nitrogens with one attached hydrogen (secondary N) is 1. The summed E-state index contributed by atoms with van der Waals surface area (Å²) in [5, 5.41) is 4.18. The molecule has 0 unspecified atom stereocenters. The van der Waals surface area contributed by atoms with Crippen LogP contribution in [0.25, 0.3) is 0 Å². The van der Waals surface area contributed by atoms with E-state index in [9.17, 15) is 9.59 Å². The molecule has 4 nitrogen and oxygen atoms in total. The molecule has 1 N–H and O–H groups in total. The van der Waals surface area contributed by atoms with E-state index in [4.69, 9.17) is 23.2 Å². The molecule has 0 saturated heterocycles. The molecule has 0 aliphatic carbocycles. The van der Waals surface area contributed by atoms with Crippen LogP contribution in [0.4, 0.5) is 0 Å². The highest BCUT2D eigenvalue weighted by molar-refractivity contribution is 7.99. The lowest BCUT2D eigenvalue weighted by molar-refractivity contribution is -0.140. The van der Waals surface area contributed by atoms with Crippen molar-refractivity contribution >= 4 is 46.8 Å². The van der Waals surface area contributed by atoms with E-state index in [2.05, 4.69) is 5.32 Å². The summed E-state index contributed by atoms with van der Waals surface area (Å²) in [7, 11) is 0. The number of hydrogen-bond donors (Lipinski definition) is 1. The van der Waals surface area contributed by atoms with E-state index < -0.39 is 6.04 Å². The first kappa shape index (κ1) is 24.6. The molecule has 2 rings (SSSR count). The largest absolute Gasteiger partial charge is 0.354 e. The lowest BCUT2D eigenvalue weighted by Gasteiger charge is -2.29. The SMILES string of the molecule is CCCNC(=O)[C@@H](C)N(Cc1ccccc1Cl)C(=O)CCCSc1ccc(Cl)cc1. The number of hydrogen-bond acceptors (Lipinski definition) is 3. The zero-order chi connectivity index (χ0) is 21.9. The van der Waals surface area contributed by atoms with Gasteiger partial charge in [0.2, 0.25) is 11.8 Å². The van der Waals surface area contributed by atoms with Crippen molar-refractivity contribution in [1.29, 1.82) is 0 Å². The van der Waals surface area contributed by atoms with Crippen LogP contribution in [-0.2, 0) is 16.1 Å². The van der Waals surface area contributed by atoms with Gasteiger partial charge in [-0.25, -0.2) is 0 Å². The molecule has 7 heteroatoms. The van der Waals surface area contributed by atoms with E-state index in [-0.39, 0.29) is 11.8 Å². The van der Waals surface area contributed by atoms with Gasteiger partial charge in [0.05, 0.1) is 0 Å². The van der Waals surface area contributed by atoms with Crippen LogP contribution in [0.15, 0.2) is 53.4 Å². The van der Waals surface area contributed by atoms with Gasteiger partial charge in [0.15, 0.2) is 0 Å². The first-order chi connectivity index (χ1) is 14.4. The van der Waals surface area contributed by atoms with Gasteiger partial charge in [0.1, 0.15) is 6.04 Å². The Morgan fingerprint density at radius 3 is 2.47 bits per heavy atom. The number of amides is 2. The Hall–Kier alpha value is -1.69. The fraction of sp³-hybridized carbons (Fsp3) is 0.391. The van der Waals surface area contributed by atoms with Crippen molar-refractivity contribution in [2.75, 3.05) is 12.3 Å². The second kappa shape index (κ2) is 12.9. The second-order valence-corrected chi connectivity index (χ2v) is 9.00. The van der Waals surface area contributed by atoms with Crippen LogP contribution in [0.2, 0.25) is 10.0 Å². The number of benzene rings is 2. The minimum Gasteiger partial charge on any atom is -0.354 e. The number of nitrogens with zero attached hydrogens (tertiary/aromatic N) is 1. The van der Waals surface area contributed by atoms with E-state index in [1.165, 1.54) is 0 Å². The maximum Gasteiger partial charge on any atom is 0.242 e. The molecule has 0 bridgehead atoms. The average molecular weight is 467 g/mol. The summed E-state index contributed by atoms with van der Waals surface area (Å²) in [4.78, 5) is 28.3. The minimum absolute atomic E-state index is 0.0502. The van der Waals surface area contributed by atoms with Crippen molar-refractivity contribution in [3.05, 3.63) is 64.1 Å². The molecule has 0 radical (unpaired) electrons. The summed E-state index contributed by atoms with van der Waals surface area (Å²) >= 11 is 13.9. The molecule has 0 saturated carbocycles. The molecule has 0 aliphatic heterocycles. The lowest BCUT2D eigenvalue weighted by atomic mass is 10.1. The molecule has 0 heterocycles. The summed E-state index contributed by atoms with van der Waals surface area (Å²) in [5.74, 6) is 0.613. The van der Waals surface area contributed by atoms with Crippen LogP contribution in [0.3, 0.4) is 0 Å². The van der Waals surface area contributed by atoms with Crippen LogP contribution in [-0.4, -0.2) is 35.1 Å². The zero-order valence-corrected chi connectivity index (χ0v) is 19.7. The Morgan fingerprint density at radius 1 is 1.10 bits per heavy atom. The molecular formula is C23H28Cl2N2O2S. The Bertz CT molecular complexity index is 830. The molecule has 162 valence electrons. The minimum atomic E-state index is -0.566. The topological polar surface area (TPSA) is 49.4 Å². The molecule has 30 heavy (non-hydrogen) atoms. The standard InChI is InChI=1S/C23H28Cl2N2O2S/c1-3-14-26-23(29)17(2)27(16-18-7-4-5-8-21(18)25)22(28)9-6-15-30-20-12-10-19(24)11-13-20/h4-5,7-8,10-13,17H,3,6,9,14-16H2,1-2H3,(H,26,29)/t17-/m1/s1. The molecular weight excluding hydrogens is 439 g/mol. The Balaban J connectivity index is 1.98. The van der Waals surface area contributed by atoms with E-state index in [1.54, 1.807) is 29.7 Å². The highest BCUT2D eigenvalue weighted by Gasteiger charge is 2.26. The van der Waals surface area contributed by atoms with Gasteiger partial charge in [-0.2, -0.15) is 0 Å². The van der Waals surface area contributed by atoms with Crippen LogP contribution in [0.1, 0.15) is 38.7 Å². The highest BCUT2D eigenvalue weighted by Crippen LogP contribution is 2.23. The van der Waals surface area contributed by atoms with Gasteiger partial charge < -0.3 is 10.2 Å². The first-order valence-corrected chi connectivity index (χ1v) is 11.9. The van der Waals surface area contributed by atoms with Gasteiger partial charge in [-0.05, 0) is 61.4 Å². The molecule has 2 amide bonds. The van der Waals surface area contributed by atoms with Crippen LogP contribution in [0, 0.1) is 0 Å². The summed E-state index contributed by atoms with van der Waals surface area (Å²) in [6.07, 6.45) is 1.93. The summed E-state index contributed by atoms with van der Waals surface area (Å²) in [6, 6.07) is 14.5. The van der Waals surface area contributed by atoms with Gasteiger partial charge in [0, 0.05) is 34.5 Å². The predicted octanol–water partition coefficient (Wildman–Crippen LogP) is 5.81. The molecule has 1 atom stereocenters. The number of halogens is 2. The second-order valence-electron chi connectivity index (χ2n) is 6.99. The molecule has 0 spiro atoms. The third-order valence-corrected chi connectivity index (χ3v) is 6.35. The van der Waals surface area contributed by atoms with Crippen LogP contribution >= 0.6 is 35.0 Å². The normalized spacial score (nSPS) is 11.7. The lowest BCUT2D eigenvalue weighted by Crippen LogP contribution is -2.47. The average Bonchev–Trinajstić information content (AvgIpc) is 2.75. The number of rotatable bonds is 11. The van der Waals surface area contributed by atoms with Crippen molar-refractivity contribution in [2.24, 2.45) is 0 Å². The Morgan fingerprint density at radius 2 is 1.80 bits per heavy atom. The van der Waals surface area contributed by atoms with Gasteiger partial charge in [-0.15, -0.1) is 11.8 Å². The predicted molar refractivity (Wildman–Crippen MR) is 126 cm³/mol. The van der Waals surface area contributed by atoms with E-state index in [0.717, 1.165) is 22.6 Å². The smallest absolute Gasteiger partial charge is 0.242 e. The summed E-state index contributed by atoms with van der Waals surface area (Å²) in [5.41, 5.74) is 0.832. The maximum absolute atomic E-state index is 13.0. The quantitative estimate of drug-likeness (QED) is 0.335. The summed E-state index contributed by atoms with van der Waals surface area (Å²) in [6.45, 7) is 4.66. The third-order valence-electron chi connectivity index (χ3n) is 4.63. The van der Waals surface area contributed by atoms with Crippen molar-refractivity contribution in [3.63, 3.8) is 0 Å². The van der Waals surface area contributed by atoms with Gasteiger partial charge in [0.25, 0.3) is 0 Å². The monoisotopic (exact) mass is 466 g/mol. The fourth-order valence-corrected chi connectivity index (χ4v) is 4.05. The molecule has 0 fully saturated rings. The fourth-order valence-electron chi connectivity index (χ4n) is 2.88. The Kier molecular flexibility index (Phi) is 10.6. The maximum atomic E-state index is 13.0. The van der Waals surface area contributed by atoms with Crippen LogP contribution < -0.4 is 5.32 Å². The highest BCUT2D eigenvalue weighted by atomic mass is 35.5. The van der Waals surface area contributed by atoms with Gasteiger partial charge in [-0.3, -0.25) is 9.59 Å². The number of carbonyl (C=O) groups is 2. The van der Waals surface area contributed by atoms with Crippen LogP contribution in [0.5, 0.6) is 0 Å². The van der Waals surface area contributed by atoms with Crippen molar-refractivity contribution in [3.8, 4) is 0 Å². The number of carbonyl (C=O) groups excluding carboxylic acids is 2. The first-order valence-electron chi connectivity index (χ1n) is 10.1. The Labute approximate surface area is 193 Å². The van der Waals surface area contributed by atoms with Gasteiger partial charge >= 0.3 is 0 Å². The number of thioether (sulfide) groups is 1. The summed E-state index contributed by atoms with van der Waals surface area (Å²) < 4.78 is 0. The molecule has 0 aromatic heterocycles. The van der Waals surface area contributed by atoms with E-state index in [1.807, 2.05) is 49.4 Å². The van der Waals surface area contributed by atoms with Crippen molar-refractivity contribution in [2.45, 2.75) is 50.6 Å². The van der Waals surface area contributed by atoms with E-state index in [0.29, 0.717) is 36.0 Å².